The van der Waals surface area contributed by atoms with Crippen molar-refractivity contribution in [3.05, 3.63) is 145 Å². The highest BCUT2D eigenvalue weighted by atomic mass is 79.9. The monoisotopic (exact) mass is 1250 g/mol. The maximum absolute atomic E-state index is 14.8. The first-order valence-electron chi connectivity index (χ1n) is 18.4. The fraction of sp³-hybridized carbons (Fsp3) is 0.238. The number of halogens is 20. The summed E-state index contributed by atoms with van der Waals surface area (Å²) in [7, 11) is 0. The van der Waals surface area contributed by atoms with Crippen LogP contribution in [0.2, 0.25) is 0 Å². The number of carbonyl (C=O) groups excluding carboxylic acids is 2. The minimum absolute atomic E-state index is 0.00444. The molecule has 27 heteroatoms. The molecule has 0 saturated heterocycles. The molecule has 0 saturated carbocycles. The van der Waals surface area contributed by atoms with Gasteiger partial charge in [0.05, 0.1) is 5.52 Å². The van der Waals surface area contributed by atoms with Crippen LogP contribution in [0.25, 0.3) is 21.8 Å². The molecule has 2 unspecified atom stereocenters. The van der Waals surface area contributed by atoms with Gasteiger partial charge in [0.25, 0.3) is 0 Å². The summed E-state index contributed by atoms with van der Waals surface area (Å²) in [6, 6.07) is 15.3. The molecule has 0 radical (unpaired) electrons. The number of carbonyl (C=O) groups is 2. The molecule has 2 aromatic heterocycles. The van der Waals surface area contributed by atoms with E-state index in [-0.39, 0.29) is 34.3 Å². The summed E-state index contributed by atoms with van der Waals surface area (Å²) in [5.41, 5.74) is -14.0. The number of ether oxygens (including phenoxy) is 2. The first-order chi connectivity index (χ1) is 31.7. The van der Waals surface area contributed by atoms with Gasteiger partial charge in [-0.25, -0.2) is 8.78 Å². The minimum atomic E-state index is -6.16. The van der Waals surface area contributed by atoms with Crippen LogP contribution in [-0.4, -0.2) is 51.8 Å². The molecule has 2 heterocycles. The number of hydrogen-bond acceptors (Lipinski definition) is 6. The number of ketones is 2. The van der Waals surface area contributed by atoms with Gasteiger partial charge in [-0.05, 0) is 98.6 Å². The standard InChI is InChI=1S/C21H11Br2F8NO3.C21H11Br2F8NO2/c22-14-7-12(19(26,20(23,27)28)21(29,30)31)8-17(35-18(24)25)13(14)9-16(33)11-3-4-15-10(6-11)2-1-5-32(15)34;22-14-7-12(19(26,20(23,27)28)21(29,30)31)8-17(34-18(24)25)13(14)9-16(33)11-3-4-15-10(6-11)2-1-5-32-15/h1-8,18H,9H2;1-8,18H,9H2. The van der Waals surface area contributed by atoms with Gasteiger partial charge in [0.1, 0.15) is 11.5 Å². The van der Waals surface area contributed by atoms with Crippen molar-refractivity contribution in [2.45, 2.75) is 59.4 Å². The SMILES string of the molecule is O=C(Cc1c(Br)cc(C(F)(C(F)(F)F)C(F)(F)Br)cc1OC(F)F)c1ccc2c(ccc[n+]2[O-])c1.O=C(Cc1c(Br)cc(C(F)(C(F)(F)F)C(F)(F)Br)cc1OC(F)F)c1ccc2ncccc2c1. The number of pyridine rings is 2. The zero-order valence-electron chi connectivity index (χ0n) is 33.3. The molecular weight excluding hydrogens is 1240 g/mol. The summed E-state index contributed by atoms with van der Waals surface area (Å²) in [6.07, 6.45) is -11.0. The molecule has 6 aromatic rings. The van der Waals surface area contributed by atoms with Gasteiger partial charge in [0.2, 0.25) is 5.52 Å². The van der Waals surface area contributed by atoms with Gasteiger partial charge in [-0.1, -0.05) is 37.9 Å². The summed E-state index contributed by atoms with van der Waals surface area (Å²) in [6.45, 7) is -7.24. The minimum Gasteiger partial charge on any atom is -0.618 e. The Bertz CT molecular complexity index is 2870. The second-order valence-electron chi connectivity index (χ2n) is 14.2. The molecule has 6 rings (SSSR count). The van der Waals surface area contributed by atoms with Crippen LogP contribution in [0.1, 0.15) is 43.0 Å². The Morgan fingerprint density at radius 2 is 1.01 bits per heavy atom. The molecule has 0 amide bonds. The Labute approximate surface area is 409 Å². The molecule has 69 heavy (non-hydrogen) atoms. The Kier molecular flexibility index (Phi) is 16.4. The van der Waals surface area contributed by atoms with E-state index in [1.165, 1.54) is 92.8 Å². The van der Waals surface area contributed by atoms with Crippen molar-refractivity contribution in [3.8, 4) is 11.5 Å². The zero-order valence-corrected chi connectivity index (χ0v) is 39.6. The first kappa shape index (κ1) is 55.2. The molecular formula is C42H22Br4F16N2O5. The number of rotatable bonds is 14. The van der Waals surface area contributed by atoms with Crippen molar-refractivity contribution < 1.29 is 94.0 Å². The van der Waals surface area contributed by atoms with E-state index in [1.54, 1.807) is 12.1 Å². The molecule has 0 N–H and O–H groups in total. The van der Waals surface area contributed by atoms with Crippen LogP contribution in [0.4, 0.5) is 70.2 Å². The third-order valence-corrected chi connectivity index (χ3v) is 12.3. The van der Waals surface area contributed by atoms with Crippen molar-refractivity contribution in [1.82, 2.24) is 4.98 Å². The number of aromatic nitrogens is 2. The van der Waals surface area contributed by atoms with E-state index >= 15 is 0 Å². The van der Waals surface area contributed by atoms with Crippen molar-refractivity contribution >= 4 is 97.1 Å². The van der Waals surface area contributed by atoms with Crippen molar-refractivity contribution in [2.75, 3.05) is 0 Å². The third kappa shape index (κ3) is 11.7. The van der Waals surface area contributed by atoms with Crippen LogP contribution in [-0.2, 0) is 24.2 Å². The average Bonchev–Trinajstić information content (AvgIpc) is 3.23. The lowest BCUT2D eigenvalue weighted by Crippen LogP contribution is -2.49. The lowest BCUT2D eigenvalue weighted by molar-refractivity contribution is -0.577. The van der Waals surface area contributed by atoms with Gasteiger partial charge in [-0.2, -0.15) is 66.2 Å². The van der Waals surface area contributed by atoms with Crippen LogP contribution >= 0.6 is 63.7 Å². The molecule has 0 spiro atoms. The first-order valence-corrected chi connectivity index (χ1v) is 21.6. The van der Waals surface area contributed by atoms with Crippen molar-refractivity contribution in [2.24, 2.45) is 0 Å². The molecule has 0 aliphatic rings. The van der Waals surface area contributed by atoms with Crippen LogP contribution in [0.15, 0.2) is 106 Å². The Morgan fingerprint density at radius 3 is 1.43 bits per heavy atom. The van der Waals surface area contributed by atoms with Gasteiger partial charge in [-0.15, -0.1) is 0 Å². The normalized spacial score (nSPS) is 14.3. The maximum Gasteiger partial charge on any atom is 0.433 e. The van der Waals surface area contributed by atoms with Crippen molar-refractivity contribution in [1.29, 1.82) is 0 Å². The van der Waals surface area contributed by atoms with E-state index in [2.05, 4.69) is 46.3 Å². The number of hydrogen-bond donors (Lipinski definition) is 0. The van der Waals surface area contributed by atoms with Gasteiger partial charge in [0.15, 0.2) is 17.8 Å². The summed E-state index contributed by atoms with van der Waals surface area (Å²) < 4.78 is 224. The fourth-order valence-corrected chi connectivity index (χ4v) is 8.56. The van der Waals surface area contributed by atoms with Gasteiger partial charge < -0.3 is 14.7 Å². The highest BCUT2D eigenvalue weighted by Crippen LogP contribution is 2.58. The number of benzene rings is 4. The molecule has 2 atom stereocenters. The predicted octanol–water partition coefficient (Wildman–Crippen LogP) is 14.7. The van der Waals surface area contributed by atoms with Crippen molar-refractivity contribution in [3.63, 3.8) is 0 Å². The van der Waals surface area contributed by atoms with E-state index in [0.29, 0.717) is 33.2 Å². The third-order valence-electron chi connectivity index (χ3n) is 9.78. The van der Waals surface area contributed by atoms with E-state index in [0.717, 1.165) is 0 Å². The molecule has 0 aliphatic carbocycles. The lowest BCUT2D eigenvalue weighted by atomic mass is 9.92. The summed E-state index contributed by atoms with van der Waals surface area (Å²) >= 11 is 8.29. The molecule has 0 aliphatic heterocycles. The van der Waals surface area contributed by atoms with Crippen LogP contribution in [0, 0.1) is 5.21 Å². The van der Waals surface area contributed by atoms with Gasteiger partial charge >= 0.3 is 46.6 Å². The van der Waals surface area contributed by atoms with Crippen LogP contribution in [0.5, 0.6) is 11.5 Å². The summed E-state index contributed by atoms with van der Waals surface area (Å²) in [5.74, 6) is -3.59. The average molecular weight is 1260 g/mol. The zero-order chi connectivity index (χ0) is 51.8. The number of nitrogens with zero attached hydrogens (tertiary/aromatic N) is 2. The topological polar surface area (TPSA) is 92.4 Å². The van der Waals surface area contributed by atoms with E-state index < -0.39 is 108 Å². The molecule has 7 nitrogen and oxygen atoms in total. The molecule has 4 aromatic carbocycles. The number of fused-ring (bicyclic) bond motifs is 2. The van der Waals surface area contributed by atoms with E-state index in [1.807, 2.05) is 0 Å². The fourth-order valence-electron chi connectivity index (χ4n) is 6.48. The Balaban J connectivity index is 0.000000258. The maximum atomic E-state index is 14.8. The van der Waals surface area contributed by atoms with Gasteiger partial charge in [-0.3, -0.25) is 14.6 Å². The van der Waals surface area contributed by atoms with E-state index in [4.69, 9.17) is 0 Å². The van der Waals surface area contributed by atoms with Gasteiger partial charge in [0, 0.05) is 84.3 Å². The predicted molar refractivity (Wildman–Crippen MR) is 228 cm³/mol. The summed E-state index contributed by atoms with van der Waals surface area (Å²) in [5, 5.41) is 12.7. The molecule has 370 valence electrons. The van der Waals surface area contributed by atoms with E-state index in [9.17, 15) is 85.0 Å². The smallest absolute Gasteiger partial charge is 0.433 e. The van der Waals surface area contributed by atoms with Crippen LogP contribution in [0.3, 0.4) is 0 Å². The second-order valence-corrected chi connectivity index (χ2v) is 17.9. The quantitative estimate of drug-likeness (QED) is 0.0355. The van der Waals surface area contributed by atoms with Crippen LogP contribution < -0.4 is 14.2 Å². The molecule has 0 bridgehead atoms. The highest BCUT2D eigenvalue weighted by molar-refractivity contribution is 9.11. The largest absolute Gasteiger partial charge is 0.618 e. The lowest BCUT2D eigenvalue weighted by Gasteiger charge is -2.32. The number of alkyl halides is 18. The summed E-state index contributed by atoms with van der Waals surface area (Å²) in [4.78, 5) is 19.3. The second kappa shape index (κ2) is 20.5. The number of Topliss-reactive ketones (excluding diaryl/α,β-unsaturated/α-hetero) is 2. The Morgan fingerprint density at radius 1 is 0.594 bits per heavy atom. The highest BCUT2D eigenvalue weighted by Gasteiger charge is 2.72. The molecule has 0 fully saturated rings. The Hall–Kier alpha value is -4.76.